The van der Waals surface area contributed by atoms with Gasteiger partial charge < -0.3 is 0 Å². The first-order valence-corrected chi connectivity index (χ1v) is 6.83. The number of rotatable bonds is 2. The Morgan fingerprint density at radius 3 is 2.53 bits per heavy atom. The molecule has 0 unspecified atom stereocenters. The maximum atomic E-state index is 9.29. The highest BCUT2D eigenvalue weighted by Crippen LogP contribution is 2.32. The van der Waals surface area contributed by atoms with Gasteiger partial charge >= 0.3 is 0 Å². The summed E-state index contributed by atoms with van der Waals surface area (Å²) in [6.07, 6.45) is 0. The second kappa shape index (κ2) is 5.41. The predicted molar refractivity (Wildman–Crippen MR) is 76.3 cm³/mol. The van der Waals surface area contributed by atoms with Crippen LogP contribution in [0.4, 0.5) is 0 Å². The number of benzene rings is 1. The third kappa shape index (κ3) is 2.77. The van der Waals surface area contributed by atoms with Crippen molar-refractivity contribution < 1.29 is 0 Å². The van der Waals surface area contributed by atoms with E-state index in [1.54, 1.807) is 0 Å². The molecular weight excluding hydrogens is 254 g/mol. The molecule has 96 valence electrons. The molecule has 2 aromatic rings. The average molecular weight is 269 g/mol. The zero-order valence-corrected chi connectivity index (χ0v) is 12.3. The molecule has 2 rings (SSSR count). The quantitative estimate of drug-likeness (QED) is 0.833. The first-order chi connectivity index (χ1) is 9.02. The lowest BCUT2D eigenvalue weighted by molar-refractivity contribution is 0.871. The Morgan fingerprint density at radius 2 is 1.84 bits per heavy atom. The molecule has 0 aliphatic carbocycles. The maximum absolute atomic E-state index is 9.29. The molecule has 0 fully saturated rings. The van der Waals surface area contributed by atoms with E-state index < -0.39 is 0 Å². The summed E-state index contributed by atoms with van der Waals surface area (Å²) in [7, 11) is 0. The topological polar surface area (TPSA) is 49.6 Å². The number of hydrogen-bond donors (Lipinski definition) is 0. The van der Waals surface area contributed by atoms with Gasteiger partial charge in [0.1, 0.15) is 11.1 Å². The molecule has 0 N–H and O–H groups in total. The minimum Gasteiger partial charge on any atom is -0.192 e. The Balaban J connectivity index is 2.47. The van der Waals surface area contributed by atoms with E-state index in [2.05, 4.69) is 48.3 Å². The fourth-order valence-electron chi connectivity index (χ4n) is 1.71. The highest BCUT2D eigenvalue weighted by Gasteiger charge is 2.13. The summed E-state index contributed by atoms with van der Waals surface area (Å²) >= 11 is 1.51. The number of nitrogens with zero attached hydrogens (tertiary/aromatic N) is 3. The van der Waals surface area contributed by atoms with Gasteiger partial charge in [0, 0.05) is 4.90 Å². The molecule has 4 heteroatoms. The van der Waals surface area contributed by atoms with Gasteiger partial charge in [0.2, 0.25) is 0 Å². The molecule has 0 aliphatic heterocycles. The van der Waals surface area contributed by atoms with Crippen molar-refractivity contribution in [1.82, 2.24) is 10.2 Å². The van der Waals surface area contributed by atoms with Gasteiger partial charge in [-0.2, -0.15) is 10.4 Å². The summed E-state index contributed by atoms with van der Waals surface area (Å²) in [6.45, 7) is 7.90. The van der Waals surface area contributed by atoms with Crippen molar-refractivity contribution in [2.75, 3.05) is 0 Å². The van der Waals surface area contributed by atoms with Crippen molar-refractivity contribution in [3.63, 3.8) is 0 Å². The van der Waals surface area contributed by atoms with Crippen LogP contribution in [0.1, 0.15) is 27.9 Å². The molecule has 1 aromatic heterocycles. The fraction of sp³-hybridized carbons (Fsp3) is 0.267. The zero-order chi connectivity index (χ0) is 14.0. The van der Waals surface area contributed by atoms with Gasteiger partial charge in [-0.15, -0.1) is 5.10 Å². The summed E-state index contributed by atoms with van der Waals surface area (Å²) in [6, 6.07) is 8.51. The van der Waals surface area contributed by atoms with Gasteiger partial charge in [0.25, 0.3) is 0 Å². The number of hydrogen-bond acceptors (Lipinski definition) is 4. The van der Waals surface area contributed by atoms with E-state index in [9.17, 15) is 5.26 Å². The molecule has 0 amide bonds. The Bertz CT molecular complexity index is 672. The third-order valence-corrected chi connectivity index (χ3v) is 4.22. The largest absolute Gasteiger partial charge is 0.192 e. The Labute approximate surface area is 117 Å². The van der Waals surface area contributed by atoms with Gasteiger partial charge in [-0.1, -0.05) is 23.9 Å². The third-order valence-electron chi connectivity index (χ3n) is 3.08. The molecule has 0 spiro atoms. The smallest absolute Gasteiger partial charge is 0.142 e. The van der Waals surface area contributed by atoms with Gasteiger partial charge in [-0.05, 0) is 50.5 Å². The predicted octanol–water partition coefficient (Wildman–Crippen LogP) is 3.73. The highest BCUT2D eigenvalue weighted by atomic mass is 32.2. The van der Waals surface area contributed by atoms with Crippen LogP contribution in [0, 0.1) is 39.0 Å². The second-order valence-electron chi connectivity index (χ2n) is 4.57. The van der Waals surface area contributed by atoms with Crippen LogP contribution in [-0.2, 0) is 0 Å². The van der Waals surface area contributed by atoms with Crippen LogP contribution in [0.15, 0.2) is 28.1 Å². The van der Waals surface area contributed by atoms with E-state index >= 15 is 0 Å². The summed E-state index contributed by atoms with van der Waals surface area (Å²) in [5.74, 6) is 0. The minimum atomic E-state index is 0.624. The molecule has 3 nitrogen and oxygen atoms in total. The van der Waals surface area contributed by atoms with Crippen molar-refractivity contribution in [2.45, 2.75) is 37.6 Å². The highest BCUT2D eigenvalue weighted by molar-refractivity contribution is 7.99. The van der Waals surface area contributed by atoms with Crippen molar-refractivity contribution in [3.8, 4) is 6.07 Å². The summed E-state index contributed by atoms with van der Waals surface area (Å²) in [4.78, 5) is 1.12. The second-order valence-corrected chi connectivity index (χ2v) is 5.60. The summed E-state index contributed by atoms with van der Waals surface area (Å²) in [5, 5.41) is 18.3. The van der Waals surface area contributed by atoms with E-state index in [-0.39, 0.29) is 0 Å². The molecule has 19 heavy (non-hydrogen) atoms. The Morgan fingerprint density at radius 1 is 1.11 bits per heavy atom. The average Bonchev–Trinajstić information content (AvgIpc) is 2.38. The standard InChI is InChI=1S/C15H15N3S/c1-9-5-6-10(2)14(7-9)19-15-13(8-16)11(3)12(4)17-18-15/h5-7H,1-4H3. The van der Waals surface area contributed by atoms with E-state index in [0.29, 0.717) is 10.6 Å². The summed E-state index contributed by atoms with van der Waals surface area (Å²) < 4.78 is 0. The molecule has 1 aromatic carbocycles. The van der Waals surface area contributed by atoms with Gasteiger partial charge in [-0.3, -0.25) is 0 Å². The zero-order valence-electron chi connectivity index (χ0n) is 11.5. The lowest BCUT2D eigenvalue weighted by Crippen LogP contribution is -1.99. The van der Waals surface area contributed by atoms with Crippen molar-refractivity contribution in [3.05, 3.63) is 46.1 Å². The molecule has 1 heterocycles. The molecule has 0 radical (unpaired) electrons. The Kier molecular flexibility index (Phi) is 3.87. The van der Waals surface area contributed by atoms with Crippen LogP contribution in [0.25, 0.3) is 0 Å². The normalized spacial score (nSPS) is 10.3. The summed E-state index contributed by atoms with van der Waals surface area (Å²) in [5.41, 5.74) is 4.72. The van der Waals surface area contributed by atoms with Crippen LogP contribution in [0.2, 0.25) is 0 Å². The first-order valence-electron chi connectivity index (χ1n) is 6.02. The number of nitriles is 1. The number of aromatic nitrogens is 2. The lowest BCUT2D eigenvalue weighted by Gasteiger charge is -2.09. The van der Waals surface area contributed by atoms with Crippen LogP contribution in [0.5, 0.6) is 0 Å². The Hall–Kier alpha value is -1.86. The number of aryl methyl sites for hydroxylation is 3. The van der Waals surface area contributed by atoms with E-state index in [4.69, 9.17) is 0 Å². The van der Waals surface area contributed by atoms with Crippen LogP contribution < -0.4 is 0 Å². The monoisotopic (exact) mass is 269 g/mol. The van der Waals surface area contributed by atoms with Crippen molar-refractivity contribution in [1.29, 1.82) is 5.26 Å². The van der Waals surface area contributed by atoms with E-state index in [1.807, 2.05) is 13.8 Å². The van der Waals surface area contributed by atoms with Gasteiger partial charge in [0.15, 0.2) is 0 Å². The van der Waals surface area contributed by atoms with Crippen LogP contribution >= 0.6 is 11.8 Å². The van der Waals surface area contributed by atoms with Crippen molar-refractivity contribution in [2.24, 2.45) is 0 Å². The fourth-order valence-corrected chi connectivity index (χ4v) is 2.78. The lowest BCUT2D eigenvalue weighted by atomic mass is 10.1. The van der Waals surface area contributed by atoms with E-state index in [1.165, 1.54) is 22.9 Å². The molecule has 0 atom stereocenters. The molecular formula is C15H15N3S. The molecule has 0 saturated heterocycles. The van der Waals surface area contributed by atoms with Gasteiger partial charge in [0.05, 0.1) is 11.3 Å². The van der Waals surface area contributed by atoms with Crippen LogP contribution in [-0.4, -0.2) is 10.2 Å². The minimum absolute atomic E-state index is 0.624. The van der Waals surface area contributed by atoms with Crippen LogP contribution in [0.3, 0.4) is 0 Å². The molecule has 0 saturated carbocycles. The SMILES string of the molecule is Cc1ccc(C)c(Sc2nnc(C)c(C)c2C#N)c1. The van der Waals surface area contributed by atoms with Crippen molar-refractivity contribution >= 4 is 11.8 Å². The first kappa shape index (κ1) is 13.6. The molecule has 0 bridgehead atoms. The molecule has 0 aliphatic rings. The maximum Gasteiger partial charge on any atom is 0.142 e. The van der Waals surface area contributed by atoms with Gasteiger partial charge in [-0.25, -0.2) is 0 Å². The van der Waals surface area contributed by atoms with E-state index in [0.717, 1.165) is 16.2 Å².